The Kier molecular flexibility index (Phi) is 5.21. The Morgan fingerprint density at radius 2 is 2.25 bits per heavy atom. The number of anilines is 1. The van der Waals surface area contributed by atoms with Crippen molar-refractivity contribution in [3.63, 3.8) is 0 Å². The molecule has 0 radical (unpaired) electrons. The zero-order chi connectivity index (χ0) is 19.5. The van der Waals surface area contributed by atoms with Crippen LogP contribution in [0.2, 0.25) is 0 Å². The Balaban J connectivity index is 1.47. The van der Waals surface area contributed by atoms with Crippen LogP contribution in [0.4, 0.5) is 5.95 Å². The van der Waals surface area contributed by atoms with Crippen LogP contribution in [-0.4, -0.2) is 37.3 Å². The van der Waals surface area contributed by atoms with Gasteiger partial charge < -0.3 is 4.52 Å². The summed E-state index contributed by atoms with van der Waals surface area (Å²) in [6, 6.07) is 9.96. The van der Waals surface area contributed by atoms with Gasteiger partial charge in [-0.15, -0.1) is 0 Å². The summed E-state index contributed by atoms with van der Waals surface area (Å²) >= 11 is 0. The van der Waals surface area contributed by atoms with E-state index in [1.54, 1.807) is 4.68 Å². The molecular weight excluding hydrogens is 356 g/mol. The first-order valence-corrected chi connectivity index (χ1v) is 9.59. The van der Waals surface area contributed by atoms with Gasteiger partial charge in [-0.25, -0.2) is 4.68 Å². The number of benzene rings is 1. The van der Waals surface area contributed by atoms with Gasteiger partial charge in [0.15, 0.2) is 5.76 Å². The van der Waals surface area contributed by atoms with Crippen molar-refractivity contribution in [3.05, 3.63) is 59.2 Å². The lowest BCUT2D eigenvalue weighted by atomic mass is 10.1. The first-order valence-electron chi connectivity index (χ1n) is 9.59. The number of aryl methyl sites for hydroxylation is 2. The molecule has 2 aromatic heterocycles. The largest absolute Gasteiger partial charge is 0.359 e. The predicted octanol–water partition coefficient (Wildman–Crippen LogP) is 3.18. The molecule has 1 aromatic carbocycles. The number of amides is 1. The molecule has 0 unspecified atom stereocenters. The molecule has 8 nitrogen and oxygen atoms in total. The molecule has 3 aromatic rings. The summed E-state index contributed by atoms with van der Waals surface area (Å²) in [5.74, 6) is 1.19. The third-order valence-corrected chi connectivity index (χ3v) is 5.05. The average Bonchev–Trinajstić information content (AvgIpc) is 3.43. The first kappa shape index (κ1) is 18.4. The highest BCUT2D eigenvalue weighted by Gasteiger charge is 2.29. The van der Waals surface area contributed by atoms with Crippen molar-refractivity contribution < 1.29 is 9.32 Å². The first-order chi connectivity index (χ1) is 13.6. The van der Waals surface area contributed by atoms with Gasteiger partial charge in [0.05, 0.1) is 11.7 Å². The minimum atomic E-state index is -0.187. The quantitative estimate of drug-likeness (QED) is 0.706. The molecule has 8 heteroatoms. The molecule has 1 amide bonds. The van der Waals surface area contributed by atoms with Gasteiger partial charge in [0.1, 0.15) is 6.33 Å². The van der Waals surface area contributed by atoms with E-state index in [0.717, 1.165) is 42.9 Å². The molecule has 0 spiro atoms. The Hall–Kier alpha value is -3.00. The molecule has 0 saturated carbocycles. The van der Waals surface area contributed by atoms with E-state index >= 15 is 0 Å². The van der Waals surface area contributed by atoms with Crippen molar-refractivity contribution in [1.82, 2.24) is 24.8 Å². The van der Waals surface area contributed by atoms with Gasteiger partial charge >= 0.3 is 0 Å². The van der Waals surface area contributed by atoms with E-state index in [4.69, 9.17) is 4.52 Å². The molecule has 1 aliphatic heterocycles. The summed E-state index contributed by atoms with van der Waals surface area (Å²) in [6.07, 6.45) is 3.62. The fourth-order valence-corrected chi connectivity index (χ4v) is 3.69. The van der Waals surface area contributed by atoms with Crippen LogP contribution >= 0.6 is 0 Å². The minimum Gasteiger partial charge on any atom is -0.359 e. The van der Waals surface area contributed by atoms with Gasteiger partial charge in [-0.2, -0.15) is 10.1 Å². The van der Waals surface area contributed by atoms with Crippen LogP contribution < -0.4 is 5.32 Å². The molecular formula is C20H24N6O2. The molecule has 0 bridgehead atoms. The normalized spacial score (nSPS) is 17.1. The van der Waals surface area contributed by atoms with Gasteiger partial charge in [-0.3, -0.25) is 15.0 Å². The van der Waals surface area contributed by atoms with E-state index in [1.165, 1.54) is 6.33 Å². The van der Waals surface area contributed by atoms with Crippen LogP contribution in [0.15, 0.2) is 41.2 Å². The smallest absolute Gasteiger partial charge is 0.258 e. The van der Waals surface area contributed by atoms with E-state index in [2.05, 4.69) is 25.5 Å². The molecule has 1 aliphatic rings. The number of likely N-dealkylation sites (tertiary alicyclic amines) is 1. The Morgan fingerprint density at radius 1 is 1.36 bits per heavy atom. The zero-order valence-electron chi connectivity index (χ0n) is 16.1. The second-order valence-corrected chi connectivity index (χ2v) is 7.05. The van der Waals surface area contributed by atoms with Crippen molar-refractivity contribution in [2.75, 3.05) is 11.9 Å². The average molecular weight is 380 g/mol. The minimum absolute atomic E-state index is 0.187. The van der Waals surface area contributed by atoms with Gasteiger partial charge in [-0.1, -0.05) is 17.3 Å². The maximum atomic E-state index is 12.6. The zero-order valence-corrected chi connectivity index (χ0v) is 16.1. The topological polar surface area (TPSA) is 89.1 Å². The van der Waals surface area contributed by atoms with Crippen LogP contribution in [0.1, 0.15) is 53.2 Å². The van der Waals surface area contributed by atoms with Gasteiger partial charge in [-0.05, 0) is 50.9 Å². The maximum Gasteiger partial charge on any atom is 0.258 e. The summed E-state index contributed by atoms with van der Waals surface area (Å²) in [5.41, 5.74) is 2.60. The molecule has 4 rings (SSSR count). The number of carbonyl (C=O) groups is 1. The van der Waals surface area contributed by atoms with Crippen molar-refractivity contribution in [1.29, 1.82) is 0 Å². The molecule has 1 saturated heterocycles. The van der Waals surface area contributed by atoms with Crippen molar-refractivity contribution >= 4 is 11.9 Å². The predicted molar refractivity (Wildman–Crippen MR) is 104 cm³/mol. The Bertz CT molecular complexity index is 963. The fraction of sp³-hybridized carbons (Fsp3) is 0.400. The summed E-state index contributed by atoms with van der Waals surface area (Å²) in [5, 5.41) is 10.9. The van der Waals surface area contributed by atoms with Crippen LogP contribution in [0.25, 0.3) is 0 Å². The SMILES string of the molecule is CCn1ncnc1NC(=O)c1cccc(CN2CCC[C@@H]2c2cc(C)no2)c1. The third kappa shape index (κ3) is 3.82. The number of nitrogens with one attached hydrogen (secondary N) is 1. The van der Waals surface area contributed by atoms with Crippen LogP contribution in [0, 0.1) is 6.92 Å². The summed E-state index contributed by atoms with van der Waals surface area (Å²) in [7, 11) is 0. The van der Waals surface area contributed by atoms with Crippen molar-refractivity contribution in [2.24, 2.45) is 0 Å². The molecule has 1 fully saturated rings. The maximum absolute atomic E-state index is 12.6. The van der Waals surface area contributed by atoms with E-state index in [9.17, 15) is 4.79 Å². The molecule has 1 N–H and O–H groups in total. The Morgan fingerprint density at radius 3 is 3.04 bits per heavy atom. The molecule has 146 valence electrons. The van der Waals surface area contributed by atoms with Crippen LogP contribution in [0.3, 0.4) is 0 Å². The number of aromatic nitrogens is 4. The number of carbonyl (C=O) groups excluding carboxylic acids is 1. The van der Waals surface area contributed by atoms with Gasteiger partial charge in [0.25, 0.3) is 5.91 Å². The van der Waals surface area contributed by atoms with Gasteiger partial charge in [0.2, 0.25) is 5.95 Å². The lowest BCUT2D eigenvalue weighted by Crippen LogP contribution is -2.23. The molecule has 3 heterocycles. The van der Waals surface area contributed by atoms with E-state index in [-0.39, 0.29) is 11.9 Å². The van der Waals surface area contributed by atoms with E-state index < -0.39 is 0 Å². The van der Waals surface area contributed by atoms with Crippen molar-refractivity contribution in [2.45, 2.75) is 45.8 Å². The standard InChI is InChI=1S/C20H24N6O2/c1-3-26-20(21-13-22-26)23-19(27)16-7-4-6-15(11-16)12-25-9-5-8-17(25)18-10-14(2)24-28-18/h4,6-7,10-11,13,17H,3,5,8-9,12H2,1-2H3,(H,21,22,23,27)/t17-/m1/s1. The number of rotatable bonds is 6. The summed E-state index contributed by atoms with van der Waals surface area (Å²) < 4.78 is 7.14. The second-order valence-electron chi connectivity index (χ2n) is 7.05. The lowest BCUT2D eigenvalue weighted by Gasteiger charge is -2.22. The summed E-state index contributed by atoms with van der Waals surface area (Å²) in [4.78, 5) is 19.1. The Labute approximate surface area is 163 Å². The third-order valence-electron chi connectivity index (χ3n) is 5.05. The number of hydrogen-bond acceptors (Lipinski definition) is 6. The molecule has 28 heavy (non-hydrogen) atoms. The van der Waals surface area contributed by atoms with Crippen LogP contribution in [-0.2, 0) is 13.1 Å². The summed E-state index contributed by atoms with van der Waals surface area (Å²) in [6.45, 7) is 6.30. The molecule has 0 aliphatic carbocycles. The number of hydrogen-bond donors (Lipinski definition) is 1. The molecule has 1 atom stereocenters. The highest BCUT2D eigenvalue weighted by molar-refractivity contribution is 6.03. The monoisotopic (exact) mass is 380 g/mol. The number of nitrogens with zero attached hydrogens (tertiary/aromatic N) is 5. The van der Waals surface area contributed by atoms with E-state index in [1.807, 2.05) is 44.2 Å². The second kappa shape index (κ2) is 7.93. The lowest BCUT2D eigenvalue weighted by molar-refractivity contribution is 0.102. The fourth-order valence-electron chi connectivity index (χ4n) is 3.69. The van der Waals surface area contributed by atoms with Crippen molar-refractivity contribution in [3.8, 4) is 0 Å². The van der Waals surface area contributed by atoms with Gasteiger partial charge in [0, 0.05) is 24.7 Å². The van der Waals surface area contributed by atoms with E-state index in [0.29, 0.717) is 18.1 Å². The van der Waals surface area contributed by atoms with Crippen LogP contribution in [0.5, 0.6) is 0 Å². The highest BCUT2D eigenvalue weighted by Crippen LogP contribution is 2.33. The highest BCUT2D eigenvalue weighted by atomic mass is 16.5.